The van der Waals surface area contributed by atoms with Crippen LogP contribution in [0.4, 0.5) is 8.78 Å². The first-order chi connectivity index (χ1) is 9.81. The first kappa shape index (κ1) is 16.2. The van der Waals surface area contributed by atoms with Crippen molar-refractivity contribution in [2.45, 2.75) is 58.7 Å². The molecule has 0 bridgehead atoms. The van der Waals surface area contributed by atoms with Gasteiger partial charge in [-0.3, -0.25) is 0 Å². The molecule has 1 aliphatic carbocycles. The van der Waals surface area contributed by atoms with Gasteiger partial charge in [0, 0.05) is 18.2 Å². The highest BCUT2D eigenvalue weighted by Crippen LogP contribution is 2.41. The highest BCUT2D eigenvalue weighted by Gasteiger charge is 2.37. The van der Waals surface area contributed by atoms with Gasteiger partial charge in [0.2, 0.25) is 0 Å². The lowest BCUT2D eigenvalue weighted by atomic mass is 9.68. The summed E-state index contributed by atoms with van der Waals surface area (Å²) in [6.45, 7) is 6.59. The van der Waals surface area contributed by atoms with Crippen LogP contribution >= 0.6 is 0 Å². The fourth-order valence-corrected chi connectivity index (χ4v) is 3.01. The highest BCUT2D eigenvalue weighted by atomic mass is 19.1. The topological polar surface area (TPSA) is 29.5 Å². The number of ether oxygens (including phenoxy) is 1. The molecule has 2 nitrogen and oxygen atoms in total. The van der Waals surface area contributed by atoms with E-state index in [1.807, 2.05) is 0 Å². The first-order valence-electron chi connectivity index (χ1n) is 7.62. The third kappa shape index (κ3) is 3.94. The van der Waals surface area contributed by atoms with E-state index in [0.29, 0.717) is 18.8 Å². The average Bonchev–Trinajstić information content (AvgIpc) is 2.40. The molecule has 0 spiro atoms. The van der Waals surface area contributed by atoms with Gasteiger partial charge in [0.15, 0.2) is 0 Å². The minimum absolute atomic E-state index is 0.145. The highest BCUT2D eigenvalue weighted by molar-refractivity contribution is 5.24. The minimum Gasteiger partial charge on any atom is -0.488 e. The number of aliphatic hydroxyl groups is 1. The summed E-state index contributed by atoms with van der Waals surface area (Å²) in [5, 5.41) is 10.1. The van der Waals surface area contributed by atoms with Crippen molar-refractivity contribution in [3.8, 4) is 5.75 Å². The van der Waals surface area contributed by atoms with E-state index in [-0.39, 0.29) is 11.2 Å². The molecule has 4 heteroatoms. The van der Waals surface area contributed by atoms with E-state index in [0.717, 1.165) is 31.0 Å². The Morgan fingerprint density at radius 2 is 1.81 bits per heavy atom. The third-order valence-electron chi connectivity index (χ3n) is 4.90. The van der Waals surface area contributed by atoms with Gasteiger partial charge >= 0.3 is 0 Å². The molecule has 0 aromatic heterocycles. The Hall–Kier alpha value is -1.16. The van der Waals surface area contributed by atoms with E-state index in [1.165, 1.54) is 0 Å². The van der Waals surface area contributed by atoms with Gasteiger partial charge in [-0.15, -0.1) is 0 Å². The molecule has 21 heavy (non-hydrogen) atoms. The summed E-state index contributed by atoms with van der Waals surface area (Å²) in [6, 6.07) is 3.13. The van der Waals surface area contributed by atoms with E-state index >= 15 is 0 Å². The SMILES string of the molecule is CCC(C)(C)C1CCC(O)C(Oc2cc(F)cc(F)c2)C1. The average molecular weight is 298 g/mol. The van der Waals surface area contributed by atoms with Crippen LogP contribution in [0, 0.1) is 23.0 Å². The second-order valence-corrected chi connectivity index (χ2v) is 6.68. The van der Waals surface area contributed by atoms with E-state index in [4.69, 9.17) is 4.74 Å². The summed E-state index contributed by atoms with van der Waals surface area (Å²) in [5.41, 5.74) is 0.176. The molecule has 1 aromatic carbocycles. The predicted octanol–water partition coefficient (Wildman–Crippen LogP) is 4.31. The van der Waals surface area contributed by atoms with Crippen LogP contribution in [-0.4, -0.2) is 17.3 Å². The van der Waals surface area contributed by atoms with E-state index in [2.05, 4.69) is 20.8 Å². The van der Waals surface area contributed by atoms with Crippen molar-refractivity contribution >= 4 is 0 Å². The zero-order valence-corrected chi connectivity index (χ0v) is 12.9. The summed E-state index contributed by atoms with van der Waals surface area (Å²) < 4.78 is 32.1. The van der Waals surface area contributed by atoms with Crippen molar-refractivity contribution in [1.29, 1.82) is 0 Å². The molecular weight excluding hydrogens is 274 g/mol. The number of rotatable bonds is 4. The van der Waals surface area contributed by atoms with Crippen molar-refractivity contribution in [3.63, 3.8) is 0 Å². The van der Waals surface area contributed by atoms with Crippen molar-refractivity contribution < 1.29 is 18.6 Å². The quantitative estimate of drug-likeness (QED) is 0.897. The lowest BCUT2D eigenvalue weighted by Gasteiger charge is -2.41. The zero-order chi connectivity index (χ0) is 15.6. The third-order valence-corrected chi connectivity index (χ3v) is 4.90. The smallest absolute Gasteiger partial charge is 0.129 e. The van der Waals surface area contributed by atoms with Gasteiger partial charge < -0.3 is 9.84 Å². The summed E-state index contributed by atoms with van der Waals surface area (Å²) in [7, 11) is 0. The molecular formula is C17H24F2O2. The van der Waals surface area contributed by atoms with Crippen LogP contribution in [0.2, 0.25) is 0 Å². The summed E-state index contributed by atoms with van der Waals surface area (Å²) in [6.07, 6.45) is 2.39. The van der Waals surface area contributed by atoms with Crippen molar-refractivity contribution in [2.24, 2.45) is 11.3 Å². The lowest BCUT2D eigenvalue weighted by molar-refractivity contribution is -0.0335. The maximum absolute atomic E-state index is 13.2. The van der Waals surface area contributed by atoms with Crippen LogP contribution in [0.25, 0.3) is 0 Å². The molecule has 0 saturated heterocycles. The molecule has 1 saturated carbocycles. The maximum Gasteiger partial charge on any atom is 0.129 e. The summed E-state index contributed by atoms with van der Waals surface area (Å²) in [4.78, 5) is 0. The normalized spacial score (nSPS) is 26.7. The molecule has 1 fully saturated rings. The van der Waals surface area contributed by atoms with E-state index in [9.17, 15) is 13.9 Å². The van der Waals surface area contributed by atoms with Crippen LogP contribution in [0.3, 0.4) is 0 Å². The van der Waals surface area contributed by atoms with Gasteiger partial charge in [-0.25, -0.2) is 8.78 Å². The van der Waals surface area contributed by atoms with Crippen molar-refractivity contribution in [1.82, 2.24) is 0 Å². The zero-order valence-electron chi connectivity index (χ0n) is 12.9. The monoisotopic (exact) mass is 298 g/mol. The summed E-state index contributed by atoms with van der Waals surface area (Å²) >= 11 is 0. The Morgan fingerprint density at radius 3 is 2.38 bits per heavy atom. The van der Waals surface area contributed by atoms with Crippen LogP contribution in [0.1, 0.15) is 46.5 Å². The van der Waals surface area contributed by atoms with Crippen molar-refractivity contribution in [2.75, 3.05) is 0 Å². The molecule has 0 amide bonds. The standard InChI is InChI=1S/C17H24F2O2/c1-4-17(2,3)11-5-6-15(20)16(7-11)21-14-9-12(18)8-13(19)10-14/h8-11,15-16,20H,4-7H2,1-3H3. The maximum atomic E-state index is 13.2. The fraction of sp³-hybridized carbons (Fsp3) is 0.647. The van der Waals surface area contributed by atoms with E-state index < -0.39 is 23.8 Å². The molecule has 0 heterocycles. The van der Waals surface area contributed by atoms with Crippen LogP contribution in [0.15, 0.2) is 18.2 Å². The molecule has 3 unspecified atom stereocenters. The predicted molar refractivity (Wildman–Crippen MR) is 78.2 cm³/mol. The van der Waals surface area contributed by atoms with Gasteiger partial charge in [0.25, 0.3) is 0 Å². The van der Waals surface area contributed by atoms with Gasteiger partial charge in [-0.2, -0.15) is 0 Å². The largest absolute Gasteiger partial charge is 0.488 e. The van der Waals surface area contributed by atoms with Gasteiger partial charge in [0.05, 0.1) is 6.10 Å². The summed E-state index contributed by atoms with van der Waals surface area (Å²) in [5.74, 6) is -0.748. The Kier molecular flexibility index (Phi) is 4.87. The molecule has 118 valence electrons. The Labute approximate surface area is 125 Å². The molecule has 0 radical (unpaired) electrons. The first-order valence-corrected chi connectivity index (χ1v) is 7.62. The van der Waals surface area contributed by atoms with E-state index in [1.54, 1.807) is 0 Å². The fourth-order valence-electron chi connectivity index (χ4n) is 3.01. The van der Waals surface area contributed by atoms with Crippen LogP contribution in [-0.2, 0) is 0 Å². The number of benzene rings is 1. The molecule has 1 aromatic rings. The second kappa shape index (κ2) is 6.30. The van der Waals surface area contributed by atoms with Gasteiger partial charge in [0.1, 0.15) is 23.5 Å². The Balaban J connectivity index is 2.10. The van der Waals surface area contributed by atoms with Gasteiger partial charge in [-0.1, -0.05) is 27.2 Å². The van der Waals surface area contributed by atoms with Gasteiger partial charge in [-0.05, 0) is 30.6 Å². The Morgan fingerprint density at radius 1 is 1.19 bits per heavy atom. The Bertz CT molecular complexity index is 467. The molecule has 0 aliphatic heterocycles. The number of aliphatic hydroxyl groups excluding tert-OH is 1. The van der Waals surface area contributed by atoms with Crippen LogP contribution < -0.4 is 4.74 Å². The molecule has 2 rings (SSSR count). The second-order valence-electron chi connectivity index (χ2n) is 6.68. The molecule has 1 N–H and O–H groups in total. The number of hydrogen-bond donors (Lipinski definition) is 1. The van der Waals surface area contributed by atoms with Crippen LogP contribution in [0.5, 0.6) is 5.75 Å². The molecule has 1 aliphatic rings. The van der Waals surface area contributed by atoms with Crippen molar-refractivity contribution in [3.05, 3.63) is 29.8 Å². The lowest BCUT2D eigenvalue weighted by Crippen LogP contribution is -2.42. The molecule has 3 atom stereocenters. The number of halogens is 2. The minimum atomic E-state index is -0.666. The number of hydrogen-bond acceptors (Lipinski definition) is 2.